The molecule has 0 aliphatic carbocycles. The average Bonchev–Trinajstić information content (AvgIpc) is 2.43. The molecule has 7 heteroatoms. The number of hydrogen-bond acceptors (Lipinski definition) is 4. The molecule has 0 saturated heterocycles. The fraction of sp³-hybridized carbons (Fsp3) is 0.500. The zero-order valence-corrected chi connectivity index (χ0v) is 12.1. The van der Waals surface area contributed by atoms with E-state index in [9.17, 15) is 13.6 Å². The second-order valence-corrected chi connectivity index (χ2v) is 4.30. The summed E-state index contributed by atoms with van der Waals surface area (Å²) >= 11 is 0. The molecule has 1 amide bonds. The third-order valence-corrected chi connectivity index (χ3v) is 2.54. The summed E-state index contributed by atoms with van der Waals surface area (Å²) in [6.07, 6.45) is 0.812. The van der Waals surface area contributed by atoms with E-state index in [-0.39, 0.29) is 24.7 Å². The normalized spacial score (nSPS) is 10.5. The fourth-order valence-corrected chi connectivity index (χ4v) is 1.61. The quantitative estimate of drug-likeness (QED) is 0.731. The minimum atomic E-state index is -2.93. The van der Waals surface area contributed by atoms with Crippen LogP contribution in [0.3, 0.4) is 0 Å². The van der Waals surface area contributed by atoms with Gasteiger partial charge >= 0.3 is 6.61 Å². The lowest BCUT2D eigenvalue weighted by Gasteiger charge is -2.13. The molecule has 1 aromatic rings. The van der Waals surface area contributed by atoms with Crippen molar-refractivity contribution in [2.45, 2.75) is 26.5 Å². The molecule has 0 unspecified atom stereocenters. The Balaban J connectivity index is 2.78. The maximum Gasteiger partial charge on any atom is 0.387 e. The van der Waals surface area contributed by atoms with Crippen LogP contribution in [0, 0.1) is 0 Å². The molecule has 0 aliphatic rings. The van der Waals surface area contributed by atoms with Crippen molar-refractivity contribution in [1.29, 1.82) is 0 Å². The molecular formula is C14H20F2N2O3. The third kappa shape index (κ3) is 6.40. The number of hydrogen-bond donors (Lipinski definition) is 2. The van der Waals surface area contributed by atoms with Gasteiger partial charge in [0.15, 0.2) is 0 Å². The number of ether oxygens (including phenoxy) is 2. The number of nitrogens with one attached hydrogen (secondary N) is 2. The van der Waals surface area contributed by atoms with Crippen LogP contribution in [0.2, 0.25) is 0 Å². The van der Waals surface area contributed by atoms with Crippen LogP contribution in [0.15, 0.2) is 18.2 Å². The van der Waals surface area contributed by atoms with Crippen molar-refractivity contribution in [1.82, 2.24) is 10.6 Å². The number of halogens is 2. The van der Waals surface area contributed by atoms with Crippen LogP contribution >= 0.6 is 0 Å². The molecule has 0 spiro atoms. The number of carbonyl (C=O) groups is 1. The lowest BCUT2D eigenvalue weighted by molar-refractivity contribution is -0.120. The first-order chi connectivity index (χ1) is 10.1. The predicted octanol–water partition coefficient (Wildman–Crippen LogP) is 1.91. The minimum absolute atomic E-state index is 0.00311. The van der Waals surface area contributed by atoms with Crippen molar-refractivity contribution in [2.75, 3.05) is 20.2 Å². The number of rotatable bonds is 9. The van der Waals surface area contributed by atoms with E-state index in [1.807, 2.05) is 6.92 Å². The molecule has 0 heterocycles. The van der Waals surface area contributed by atoms with Crippen LogP contribution in [0.5, 0.6) is 11.5 Å². The topological polar surface area (TPSA) is 59.6 Å². The van der Waals surface area contributed by atoms with Crippen LogP contribution in [0.4, 0.5) is 8.78 Å². The Morgan fingerprint density at radius 3 is 2.76 bits per heavy atom. The van der Waals surface area contributed by atoms with Crippen molar-refractivity contribution in [3.8, 4) is 11.5 Å². The van der Waals surface area contributed by atoms with Crippen molar-refractivity contribution < 1.29 is 23.0 Å². The van der Waals surface area contributed by atoms with Gasteiger partial charge < -0.3 is 20.1 Å². The van der Waals surface area contributed by atoms with Crippen LogP contribution in [0.25, 0.3) is 0 Å². The van der Waals surface area contributed by atoms with Crippen LogP contribution in [-0.4, -0.2) is 32.7 Å². The van der Waals surface area contributed by atoms with Crippen molar-refractivity contribution in [3.63, 3.8) is 0 Å². The number of amides is 1. The SMILES string of the molecule is CCCOc1ccc(CNC(=O)CNC)c(OC(F)F)c1. The van der Waals surface area contributed by atoms with E-state index < -0.39 is 6.61 Å². The van der Waals surface area contributed by atoms with Crippen molar-refractivity contribution in [3.05, 3.63) is 23.8 Å². The largest absolute Gasteiger partial charge is 0.493 e. The van der Waals surface area contributed by atoms with Gasteiger partial charge in [0, 0.05) is 18.2 Å². The van der Waals surface area contributed by atoms with E-state index in [2.05, 4.69) is 15.4 Å². The second-order valence-electron chi connectivity index (χ2n) is 4.30. The van der Waals surface area contributed by atoms with Crippen LogP contribution in [0.1, 0.15) is 18.9 Å². The molecule has 0 atom stereocenters. The number of benzene rings is 1. The molecule has 118 valence electrons. The number of alkyl halides is 2. The van der Waals surface area contributed by atoms with Crippen LogP contribution in [-0.2, 0) is 11.3 Å². The first kappa shape index (κ1) is 17.2. The zero-order chi connectivity index (χ0) is 15.7. The van der Waals surface area contributed by atoms with E-state index >= 15 is 0 Å². The first-order valence-corrected chi connectivity index (χ1v) is 6.68. The molecule has 5 nitrogen and oxygen atoms in total. The number of carbonyl (C=O) groups excluding carboxylic acids is 1. The van der Waals surface area contributed by atoms with Gasteiger partial charge in [-0.15, -0.1) is 0 Å². The summed E-state index contributed by atoms with van der Waals surface area (Å²) in [5.74, 6) is 0.230. The smallest absolute Gasteiger partial charge is 0.387 e. The summed E-state index contributed by atoms with van der Waals surface area (Å²) in [7, 11) is 1.64. The van der Waals surface area contributed by atoms with E-state index in [4.69, 9.17) is 4.74 Å². The molecule has 0 saturated carbocycles. The predicted molar refractivity (Wildman–Crippen MR) is 74.6 cm³/mol. The Bertz CT molecular complexity index is 456. The van der Waals surface area contributed by atoms with Gasteiger partial charge in [-0.05, 0) is 25.6 Å². The van der Waals surface area contributed by atoms with Gasteiger partial charge in [0.2, 0.25) is 5.91 Å². The molecule has 1 aromatic carbocycles. The Morgan fingerprint density at radius 1 is 1.38 bits per heavy atom. The monoisotopic (exact) mass is 302 g/mol. The van der Waals surface area contributed by atoms with Crippen molar-refractivity contribution >= 4 is 5.91 Å². The lowest BCUT2D eigenvalue weighted by atomic mass is 10.2. The van der Waals surface area contributed by atoms with Gasteiger partial charge in [-0.3, -0.25) is 4.79 Å². The summed E-state index contributed by atoms with van der Waals surface area (Å²) in [6, 6.07) is 4.66. The van der Waals surface area contributed by atoms with E-state index in [0.717, 1.165) is 6.42 Å². The highest BCUT2D eigenvalue weighted by molar-refractivity contribution is 5.78. The molecule has 0 fully saturated rings. The zero-order valence-electron chi connectivity index (χ0n) is 12.1. The highest BCUT2D eigenvalue weighted by Crippen LogP contribution is 2.26. The molecule has 21 heavy (non-hydrogen) atoms. The molecule has 0 radical (unpaired) electrons. The minimum Gasteiger partial charge on any atom is -0.493 e. The van der Waals surface area contributed by atoms with Gasteiger partial charge in [0.05, 0.1) is 13.2 Å². The summed E-state index contributed by atoms with van der Waals surface area (Å²) in [5.41, 5.74) is 0.462. The molecule has 0 aromatic heterocycles. The van der Waals surface area contributed by atoms with Gasteiger partial charge in [0.1, 0.15) is 11.5 Å². The Morgan fingerprint density at radius 2 is 2.14 bits per heavy atom. The second kappa shape index (κ2) is 9.12. The fourth-order valence-electron chi connectivity index (χ4n) is 1.61. The summed E-state index contributed by atoms with van der Waals surface area (Å²) in [5, 5.41) is 5.31. The Hall–Kier alpha value is -1.89. The standard InChI is InChI=1S/C14H20F2N2O3/c1-3-6-20-11-5-4-10(8-18-13(19)9-17-2)12(7-11)21-14(15)16/h4-5,7,14,17H,3,6,8-9H2,1-2H3,(H,18,19). The van der Waals surface area contributed by atoms with Gasteiger partial charge in [-0.1, -0.05) is 6.92 Å². The van der Waals surface area contributed by atoms with Crippen molar-refractivity contribution in [2.24, 2.45) is 0 Å². The first-order valence-electron chi connectivity index (χ1n) is 6.68. The molecule has 0 bridgehead atoms. The Kier molecular flexibility index (Phi) is 7.45. The van der Waals surface area contributed by atoms with Crippen LogP contribution < -0.4 is 20.1 Å². The van der Waals surface area contributed by atoms with Gasteiger partial charge in [0.25, 0.3) is 0 Å². The lowest BCUT2D eigenvalue weighted by Crippen LogP contribution is -2.31. The Labute approximate surface area is 122 Å². The maximum atomic E-state index is 12.4. The summed E-state index contributed by atoms with van der Waals surface area (Å²) in [4.78, 5) is 11.4. The summed E-state index contributed by atoms with van der Waals surface area (Å²) in [6.45, 7) is -0.230. The van der Waals surface area contributed by atoms with E-state index in [0.29, 0.717) is 17.9 Å². The molecule has 2 N–H and O–H groups in total. The maximum absolute atomic E-state index is 12.4. The third-order valence-electron chi connectivity index (χ3n) is 2.54. The van der Waals surface area contributed by atoms with E-state index in [1.54, 1.807) is 19.2 Å². The molecule has 0 aliphatic heterocycles. The average molecular weight is 302 g/mol. The highest BCUT2D eigenvalue weighted by Gasteiger charge is 2.12. The van der Waals surface area contributed by atoms with E-state index in [1.165, 1.54) is 6.07 Å². The molecule has 1 rings (SSSR count). The summed E-state index contributed by atoms with van der Waals surface area (Å²) < 4.78 is 34.7. The van der Waals surface area contributed by atoms with Gasteiger partial charge in [-0.2, -0.15) is 8.78 Å². The number of likely N-dealkylation sites (N-methyl/N-ethyl adjacent to an activating group) is 1. The van der Waals surface area contributed by atoms with Gasteiger partial charge in [-0.25, -0.2) is 0 Å². The molecular weight excluding hydrogens is 282 g/mol. The highest BCUT2D eigenvalue weighted by atomic mass is 19.3.